The van der Waals surface area contributed by atoms with E-state index in [1.54, 1.807) is 0 Å². The monoisotopic (exact) mass is 238 g/mol. The van der Waals surface area contributed by atoms with Crippen LogP contribution in [0.2, 0.25) is 0 Å². The van der Waals surface area contributed by atoms with Gasteiger partial charge >= 0.3 is 0 Å². The van der Waals surface area contributed by atoms with Gasteiger partial charge in [-0.15, -0.1) is 5.10 Å². The lowest BCUT2D eigenvalue weighted by Crippen LogP contribution is -2.26. The molecule has 1 aliphatic rings. The zero-order valence-corrected chi connectivity index (χ0v) is 10.6. The van der Waals surface area contributed by atoms with Gasteiger partial charge in [0.05, 0.1) is 18.0 Å². The van der Waals surface area contributed by atoms with Gasteiger partial charge in [0.15, 0.2) is 5.79 Å². The Labute approximate surface area is 101 Å². The fourth-order valence-electron chi connectivity index (χ4n) is 1.60. The van der Waals surface area contributed by atoms with Crippen molar-refractivity contribution in [3.05, 3.63) is 11.4 Å². The van der Waals surface area contributed by atoms with Crippen molar-refractivity contribution >= 4 is 5.95 Å². The van der Waals surface area contributed by atoms with Crippen molar-refractivity contribution < 1.29 is 9.47 Å². The van der Waals surface area contributed by atoms with Crippen LogP contribution < -0.4 is 5.32 Å². The Morgan fingerprint density at radius 3 is 2.65 bits per heavy atom. The lowest BCUT2D eigenvalue weighted by molar-refractivity contribution is -0.136. The molecule has 1 unspecified atom stereocenters. The van der Waals surface area contributed by atoms with E-state index in [9.17, 15) is 0 Å². The number of hydrogen-bond donors (Lipinski definition) is 1. The summed E-state index contributed by atoms with van der Waals surface area (Å²) in [6, 6.07) is 0. The summed E-state index contributed by atoms with van der Waals surface area (Å²) in [5, 5.41) is 11.1. The molecule has 0 aromatic carbocycles. The van der Waals surface area contributed by atoms with Gasteiger partial charge in [-0.2, -0.15) is 5.10 Å². The van der Waals surface area contributed by atoms with E-state index in [0.717, 1.165) is 11.4 Å². The van der Waals surface area contributed by atoms with E-state index in [0.29, 0.717) is 19.1 Å². The highest BCUT2D eigenvalue weighted by Gasteiger charge is 2.32. The molecule has 6 nitrogen and oxygen atoms in total. The van der Waals surface area contributed by atoms with Crippen LogP contribution >= 0.6 is 0 Å². The Morgan fingerprint density at radius 2 is 2.06 bits per heavy atom. The lowest BCUT2D eigenvalue weighted by Gasteiger charge is -2.17. The topological polar surface area (TPSA) is 69.2 Å². The van der Waals surface area contributed by atoms with Crippen LogP contribution in [0.3, 0.4) is 0 Å². The molecule has 1 aromatic rings. The van der Waals surface area contributed by atoms with Crippen LogP contribution in [0.5, 0.6) is 0 Å². The molecule has 2 heterocycles. The zero-order valence-electron chi connectivity index (χ0n) is 10.6. The Balaban J connectivity index is 1.88. The van der Waals surface area contributed by atoms with Crippen LogP contribution in [0.4, 0.5) is 5.95 Å². The number of ether oxygens (including phenoxy) is 2. The Hall–Kier alpha value is -1.27. The van der Waals surface area contributed by atoms with Crippen LogP contribution in [0, 0.1) is 13.8 Å². The number of rotatable bonds is 3. The Morgan fingerprint density at radius 1 is 1.29 bits per heavy atom. The number of nitrogens with zero attached hydrogens (tertiary/aromatic N) is 3. The van der Waals surface area contributed by atoms with E-state index in [1.807, 2.05) is 27.7 Å². The lowest BCUT2D eigenvalue weighted by atomic mass is 10.3. The average molecular weight is 238 g/mol. The number of aromatic nitrogens is 3. The van der Waals surface area contributed by atoms with Gasteiger partial charge in [-0.25, -0.2) is 4.98 Å². The van der Waals surface area contributed by atoms with Crippen LogP contribution in [0.1, 0.15) is 25.2 Å². The van der Waals surface area contributed by atoms with Gasteiger partial charge in [-0.1, -0.05) is 0 Å². The summed E-state index contributed by atoms with van der Waals surface area (Å²) in [4.78, 5) is 4.29. The molecule has 1 saturated heterocycles. The van der Waals surface area contributed by atoms with Crippen molar-refractivity contribution in [1.82, 2.24) is 15.2 Å². The molecule has 1 fully saturated rings. The summed E-state index contributed by atoms with van der Waals surface area (Å²) in [5.74, 6) is 0.0377. The van der Waals surface area contributed by atoms with Gasteiger partial charge in [0.25, 0.3) is 0 Å². The first kappa shape index (κ1) is 12.2. The second kappa shape index (κ2) is 4.54. The van der Waals surface area contributed by atoms with Crippen molar-refractivity contribution in [2.75, 3.05) is 18.5 Å². The summed E-state index contributed by atoms with van der Waals surface area (Å²) in [5.41, 5.74) is 1.73. The average Bonchev–Trinajstić information content (AvgIpc) is 2.60. The molecule has 2 rings (SSSR count). The van der Waals surface area contributed by atoms with Gasteiger partial charge in [0.1, 0.15) is 6.10 Å². The maximum absolute atomic E-state index is 5.66. The quantitative estimate of drug-likeness (QED) is 0.849. The standard InChI is InChI=1S/C11H18N4O2/c1-7-8(2)14-15-10(13-7)12-5-9-6-16-11(3,4)17-9/h9H,5-6H2,1-4H3,(H,12,13,15). The van der Waals surface area contributed by atoms with Crippen molar-refractivity contribution in [1.29, 1.82) is 0 Å². The van der Waals surface area contributed by atoms with E-state index >= 15 is 0 Å². The summed E-state index contributed by atoms with van der Waals surface area (Å²) >= 11 is 0. The molecule has 0 aliphatic carbocycles. The number of nitrogens with one attached hydrogen (secondary N) is 1. The highest BCUT2D eigenvalue weighted by molar-refractivity contribution is 5.24. The van der Waals surface area contributed by atoms with Gasteiger partial charge in [0, 0.05) is 6.54 Å². The minimum Gasteiger partial charge on any atom is -0.350 e. The first-order chi connectivity index (χ1) is 7.96. The van der Waals surface area contributed by atoms with E-state index < -0.39 is 5.79 Å². The molecule has 0 bridgehead atoms. The maximum atomic E-state index is 5.66. The molecule has 1 aliphatic heterocycles. The van der Waals surface area contributed by atoms with E-state index in [1.165, 1.54) is 0 Å². The number of anilines is 1. The van der Waals surface area contributed by atoms with E-state index in [2.05, 4.69) is 20.5 Å². The third-order valence-corrected chi connectivity index (χ3v) is 2.65. The highest BCUT2D eigenvalue weighted by Crippen LogP contribution is 2.22. The molecular weight excluding hydrogens is 220 g/mol. The molecule has 17 heavy (non-hydrogen) atoms. The molecule has 6 heteroatoms. The molecule has 94 valence electrons. The van der Waals surface area contributed by atoms with Crippen molar-refractivity contribution in [2.45, 2.75) is 39.6 Å². The van der Waals surface area contributed by atoms with E-state index in [4.69, 9.17) is 9.47 Å². The Kier molecular flexibility index (Phi) is 3.26. The summed E-state index contributed by atoms with van der Waals surface area (Å²) in [7, 11) is 0. The predicted molar refractivity (Wildman–Crippen MR) is 62.7 cm³/mol. The summed E-state index contributed by atoms with van der Waals surface area (Å²) < 4.78 is 11.1. The number of aryl methyl sites for hydroxylation is 2. The largest absolute Gasteiger partial charge is 0.350 e. The fraction of sp³-hybridized carbons (Fsp3) is 0.727. The van der Waals surface area contributed by atoms with Crippen LogP contribution in [0.15, 0.2) is 0 Å². The second-order valence-corrected chi connectivity index (χ2v) is 4.64. The summed E-state index contributed by atoms with van der Waals surface area (Å²) in [6.07, 6.45) is 0.0233. The van der Waals surface area contributed by atoms with Gasteiger partial charge in [0.2, 0.25) is 5.95 Å². The minimum atomic E-state index is -0.491. The van der Waals surface area contributed by atoms with Gasteiger partial charge in [-0.05, 0) is 27.7 Å². The molecule has 0 saturated carbocycles. The first-order valence-corrected chi connectivity index (χ1v) is 5.70. The normalized spacial score (nSPS) is 22.7. The SMILES string of the molecule is Cc1nnc(NCC2COC(C)(C)O2)nc1C. The third kappa shape index (κ3) is 3.10. The molecule has 1 aromatic heterocycles. The highest BCUT2D eigenvalue weighted by atomic mass is 16.7. The second-order valence-electron chi connectivity index (χ2n) is 4.64. The number of hydrogen-bond acceptors (Lipinski definition) is 6. The predicted octanol–water partition coefficient (Wildman–Crippen LogP) is 1.05. The third-order valence-electron chi connectivity index (χ3n) is 2.65. The molecular formula is C11H18N4O2. The van der Waals surface area contributed by atoms with E-state index in [-0.39, 0.29) is 6.10 Å². The minimum absolute atomic E-state index is 0.0233. The van der Waals surface area contributed by atoms with Crippen LogP contribution in [-0.2, 0) is 9.47 Å². The van der Waals surface area contributed by atoms with Crippen molar-refractivity contribution in [2.24, 2.45) is 0 Å². The first-order valence-electron chi connectivity index (χ1n) is 5.70. The van der Waals surface area contributed by atoms with Crippen molar-refractivity contribution in [3.63, 3.8) is 0 Å². The fourth-order valence-corrected chi connectivity index (χ4v) is 1.60. The van der Waals surface area contributed by atoms with Gasteiger partial charge in [-0.3, -0.25) is 0 Å². The smallest absolute Gasteiger partial charge is 0.243 e. The molecule has 0 radical (unpaired) electrons. The molecule has 0 spiro atoms. The van der Waals surface area contributed by atoms with Crippen LogP contribution in [-0.4, -0.2) is 40.2 Å². The molecule has 0 amide bonds. The zero-order chi connectivity index (χ0) is 12.5. The summed E-state index contributed by atoms with van der Waals surface area (Å²) in [6.45, 7) is 8.80. The molecule has 1 N–H and O–H groups in total. The Bertz CT molecular complexity index is 408. The maximum Gasteiger partial charge on any atom is 0.243 e. The molecule has 1 atom stereocenters. The van der Waals surface area contributed by atoms with Crippen molar-refractivity contribution in [3.8, 4) is 0 Å². The van der Waals surface area contributed by atoms with Gasteiger partial charge < -0.3 is 14.8 Å². The van der Waals surface area contributed by atoms with Crippen LogP contribution in [0.25, 0.3) is 0 Å².